The van der Waals surface area contributed by atoms with E-state index in [1.54, 1.807) is 0 Å². The number of hydrogen-bond acceptors (Lipinski definition) is 2. The molecule has 16 heavy (non-hydrogen) atoms. The first kappa shape index (κ1) is 10.7. The number of rotatable bonds is 5. The molecule has 81 valence electrons. The zero-order valence-corrected chi connectivity index (χ0v) is 9.10. The number of hydrogen-bond donors (Lipinski definition) is 0. The highest BCUT2D eigenvalue weighted by Crippen LogP contribution is 2.08. The minimum Gasteiger partial charge on any atom is -0.494 e. The Kier molecular flexibility index (Phi) is 3.94. The summed E-state index contributed by atoms with van der Waals surface area (Å²) in [5, 5.41) is 0. The van der Waals surface area contributed by atoms with Crippen molar-refractivity contribution in [2.24, 2.45) is 0 Å². The average Bonchev–Trinajstić information content (AvgIpc) is 2.37. The molecule has 1 aromatic heterocycles. The highest BCUT2D eigenvalue weighted by atomic mass is 16.5. The molecule has 0 bridgehead atoms. The van der Waals surface area contributed by atoms with E-state index < -0.39 is 0 Å². The first-order valence-corrected chi connectivity index (χ1v) is 5.44. The van der Waals surface area contributed by atoms with Gasteiger partial charge in [-0.25, -0.2) is 0 Å². The molecule has 2 aromatic rings. The van der Waals surface area contributed by atoms with Gasteiger partial charge in [0.05, 0.1) is 6.61 Å². The molecule has 2 heteroatoms. The van der Waals surface area contributed by atoms with Crippen LogP contribution in [0.3, 0.4) is 0 Å². The van der Waals surface area contributed by atoms with E-state index in [-0.39, 0.29) is 0 Å². The second kappa shape index (κ2) is 5.91. The van der Waals surface area contributed by atoms with Crippen molar-refractivity contribution < 1.29 is 4.74 Å². The van der Waals surface area contributed by atoms with Crippen LogP contribution in [0.4, 0.5) is 0 Å². The van der Waals surface area contributed by atoms with Crippen molar-refractivity contribution in [3.63, 3.8) is 0 Å². The molecule has 2 rings (SSSR count). The highest BCUT2D eigenvalue weighted by molar-refractivity contribution is 5.19. The molecule has 0 unspecified atom stereocenters. The Bertz CT molecular complexity index is 358. The van der Waals surface area contributed by atoms with Gasteiger partial charge in [0.15, 0.2) is 0 Å². The summed E-state index contributed by atoms with van der Waals surface area (Å²) in [5.74, 6) is 0.878. The first-order chi connectivity index (χ1) is 7.95. The average molecular weight is 212 g/mol. The molecule has 0 N–H and O–H groups in total. The van der Waals surface area contributed by atoms with Crippen molar-refractivity contribution in [1.82, 2.24) is 4.98 Å². The summed E-state index contributed by atoms with van der Waals surface area (Å²) < 4.78 is 5.57. The number of ether oxygens (including phenoxy) is 1. The van der Waals surface area contributed by atoms with E-state index in [0.717, 1.165) is 24.3 Å². The van der Waals surface area contributed by atoms with Crippen molar-refractivity contribution >= 4 is 0 Å². The molecule has 1 radical (unpaired) electrons. The predicted molar refractivity (Wildman–Crippen MR) is 63.3 cm³/mol. The normalized spacial score (nSPS) is 10.0. The summed E-state index contributed by atoms with van der Waals surface area (Å²) in [4.78, 5) is 4.26. The molecule has 1 aromatic carbocycles. The van der Waals surface area contributed by atoms with Crippen molar-refractivity contribution in [3.05, 3.63) is 60.4 Å². The smallest absolute Gasteiger partial charge is 0.119 e. The van der Waals surface area contributed by atoms with Gasteiger partial charge in [0.2, 0.25) is 0 Å². The monoisotopic (exact) mass is 212 g/mol. The Hall–Kier alpha value is -1.83. The topological polar surface area (TPSA) is 22.1 Å². The molecule has 0 aliphatic rings. The van der Waals surface area contributed by atoms with Crippen LogP contribution in [0.1, 0.15) is 12.1 Å². The van der Waals surface area contributed by atoms with Crippen LogP contribution in [-0.4, -0.2) is 11.6 Å². The van der Waals surface area contributed by atoms with Gasteiger partial charge in [-0.3, -0.25) is 4.98 Å². The fourth-order valence-electron chi connectivity index (χ4n) is 1.46. The molecular weight excluding hydrogens is 198 g/mol. The minimum atomic E-state index is 0.717. The Morgan fingerprint density at radius 3 is 2.94 bits per heavy atom. The van der Waals surface area contributed by atoms with Gasteiger partial charge in [0.25, 0.3) is 0 Å². The van der Waals surface area contributed by atoms with E-state index in [9.17, 15) is 0 Å². The Morgan fingerprint density at radius 2 is 2.19 bits per heavy atom. The summed E-state index contributed by atoms with van der Waals surface area (Å²) in [5.41, 5.74) is 1.12. The number of pyridine rings is 1. The Labute approximate surface area is 95.9 Å². The summed E-state index contributed by atoms with van der Waals surface area (Å²) in [6, 6.07) is 16.5. The van der Waals surface area contributed by atoms with Gasteiger partial charge in [-0.1, -0.05) is 18.2 Å². The number of benzene rings is 1. The van der Waals surface area contributed by atoms with Crippen molar-refractivity contribution in [1.29, 1.82) is 0 Å². The molecule has 0 aliphatic carbocycles. The molecule has 2 nitrogen and oxygen atoms in total. The van der Waals surface area contributed by atoms with Crippen molar-refractivity contribution in [2.45, 2.75) is 12.8 Å². The zero-order valence-electron chi connectivity index (χ0n) is 9.10. The van der Waals surface area contributed by atoms with E-state index in [4.69, 9.17) is 4.74 Å². The lowest BCUT2D eigenvalue weighted by atomic mass is 10.2. The molecule has 0 spiro atoms. The van der Waals surface area contributed by atoms with Gasteiger partial charge in [0, 0.05) is 11.9 Å². The fourth-order valence-corrected chi connectivity index (χ4v) is 1.46. The summed E-state index contributed by atoms with van der Waals surface area (Å²) in [7, 11) is 0. The number of nitrogens with zero attached hydrogens (tertiary/aromatic N) is 1. The van der Waals surface area contributed by atoms with Crippen LogP contribution in [0.5, 0.6) is 5.75 Å². The van der Waals surface area contributed by atoms with Crippen LogP contribution in [0.2, 0.25) is 0 Å². The first-order valence-electron chi connectivity index (χ1n) is 5.44. The fraction of sp³-hybridized carbons (Fsp3) is 0.214. The van der Waals surface area contributed by atoms with E-state index in [0.29, 0.717) is 6.61 Å². The highest BCUT2D eigenvalue weighted by Gasteiger charge is 1.94. The van der Waals surface area contributed by atoms with E-state index in [1.165, 1.54) is 0 Å². The second-order valence-corrected chi connectivity index (χ2v) is 3.51. The molecule has 0 atom stereocenters. The maximum atomic E-state index is 5.57. The lowest BCUT2D eigenvalue weighted by molar-refractivity contribution is 0.310. The lowest BCUT2D eigenvalue weighted by Crippen LogP contribution is -2.00. The van der Waals surface area contributed by atoms with Gasteiger partial charge in [-0.05, 0) is 43.2 Å². The van der Waals surface area contributed by atoms with Gasteiger partial charge in [-0.2, -0.15) is 0 Å². The molecule has 0 fully saturated rings. The van der Waals surface area contributed by atoms with Crippen molar-refractivity contribution in [2.75, 3.05) is 6.61 Å². The summed E-state index contributed by atoms with van der Waals surface area (Å²) >= 11 is 0. The van der Waals surface area contributed by atoms with Crippen LogP contribution in [-0.2, 0) is 6.42 Å². The van der Waals surface area contributed by atoms with Gasteiger partial charge >= 0.3 is 0 Å². The van der Waals surface area contributed by atoms with E-state index >= 15 is 0 Å². The van der Waals surface area contributed by atoms with Crippen LogP contribution in [0, 0.1) is 6.07 Å². The summed E-state index contributed by atoms with van der Waals surface area (Å²) in [6.07, 6.45) is 3.76. The maximum absolute atomic E-state index is 5.57. The molecule has 0 saturated carbocycles. The SMILES string of the molecule is [c]1cccc(OCCCc2ccccn2)c1. The molecule has 0 aliphatic heterocycles. The third kappa shape index (κ3) is 3.39. The standard InChI is InChI=1S/C14H14NO/c1-2-9-14(10-3-1)16-12-6-8-13-7-4-5-11-15-13/h1-2,4-5,7,9-11H,6,8,12H2. The quantitative estimate of drug-likeness (QED) is 0.711. The van der Waals surface area contributed by atoms with Gasteiger partial charge in [-0.15, -0.1) is 0 Å². The van der Waals surface area contributed by atoms with E-state index in [1.807, 2.05) is 48.7 Å². The van der Waals surface area contributed by atoms with Crippen LogP contribution in [0.25, 0.3) is 0 Å². The molecule has 0 saturated heterocycles. The Balaban J connectivity index is 1.70. The van der Waals surface area contributed by atoms with Crippen molar-refractivity contribution in [3.8, 4) is 5.75 Å². The zero-order chi connectivity index (χ0) is 11.1. The summed E-state index contributed by atoms with van der Waals surface area (Å²) in [6.45, 7) is 0.717. The maximum Gasteiger partial charge on any atom is 0.119 e. The third-order valence-corrected chi connectivity index (χ3v) is 2.25. The molecular formula is C14H14NO. The minimum absolute atomic E-state index is 0.717. The van der Waals surface area contributed by atoms with Gasteiger partial charge < -0.3 is 4.74 Å². The third-order valence-electron chi connectivity index (χ3n) is 2.25. The van der Waals surface area contributed by atoms with Crippen LogP contribution in [0.15, 0.2) is 48.7 Å². The second-order valence-electron chi connectivity index (χ2n) is 3.51. The number of aromatic nitrogens is 1. The predicted octanol–water partition coefficient (Wildman–Crippen LogP) is 2.89. The van der Waals surface area contributed by atoms with Crippen LogP contribution >= 0.6 is 0 Å². The molecule has 1 heterocycles. The largest absolute Gasteiger partial charge is 0.494 e. The molecule has 0 amide bonds. The van der Waals surface area contributed by atoms with E-state index in [2.05, 4.69) is 11.1 Å². The van der Waals surface area contributed by atoms with Gasteiger partial charge in [0.1, 0.15) is 5.75 Å². The Morgan fingerprint density at radius 1 is 1.19 bits per heavy atom. The lowest BCUT2D eigenvalue weighted by Gasteiger charge is -2.05. The number of aryl methyl sites for hydroxylation is 1. The van der Waals surface area contributed by atoms with Crippen LogP contribution < -0.4 is 4.74 Å².